The lowest BCUT2D eigenvalue weighted by atomic mass is 9.82. The predicted octanol–water partition coefficient (Wildman–Crippen LogP) is 16.5. The monoisotopic (exact) mass is 738 g/mol. The van der Waals surface area contributed by atoms with E-state index in [2.05, 4.69) is 210 Å². The van der Waals surface area contributed by atoms with Gasteiger partial charge >= 0.3 is 0 Å². The van der Waals surface area contributed by atoms with Crippen molar-refractivity contribution in [2.75, 3.05) is 0 Å². The van der Waals surface area contributed by atoms with E-state index in [0.29, 0.717) is 0 Å². The van der Waals surface area contributed by atoms with Gasteiger partial charge in [0.1, 0.15) is 0 Å². The topological polar surface area (TPSA) is 0 Å². The summed E-state index contributed by atoms with van der Waals surface area (Å²) >= 11 is 0. The van der Waals surface area contributed by atoms with Gasteiger partial charge in [-0.3, -0.25) is 0 Å². The molecule has 0 aromatic heterocycles. The molecule has 0 amide bonds. The number of hydrogen-bond acceptors (Lipinski definition) is 0. The molecule has 0 atom stereocenters. The first-order valence-electron chi connectivity index (χ1n) is 20.4. The summed E-state index contributed by atoms with van der Waals surface area (Å²) in [6, 6.07) is 68.4. The quantitative estimate of drug-likeness (QED) is 0.125. The average molecular weight is 739 g/mol. The molecule has 0 heterocycles. The van der Waals surface area contributed by atoms with Crippen molar-refractivity contribution in [2.24, 2.45) is 0 Å². The van der Waals surface area contributed by atoms with Crippen LogP contribution in [0, 0.1) is 27.7 Å². The van der Waals surface area contributed by atoms with Crippen LogP contribution in [0.25, 0.3) is 109 Å². The molecule has 0 bridgehead atoms. The Bertz CT molecular complexity index is 3140. The van der Waals surface area contributed by atoms with Crippen molar-refractivity contribution < 1.29 is 0 Å². The van der Waals surface area contributed by atoms with Gasteiger partial charge in [-0.05, 0) is 159 Å². The molecule has 11 aromatic rings. The van der Waals surface area contributed by atoms with Crippen LogP contribution in [0.3, 0.4) is 0 Å². The van der Waals surface area contributed by atoms with Gasteiger partial charge in [-0.15, -0.1) is 0 Å². The van der Waals surface area contributed by atoms with Crippen molar-refractivity contribution in [1.29, 1.82) is 0 Å². The van der Waals surface area contributed by atoms with E-state index >= 15 is 0 Å². The highest BCUT2D eigenvalue weighted by Gasteiger charge is 2.21. The summed E-state index contributed by atoms with van der Waals surface area (Å²) in [6.07, 6.45) is 0. The van der Waals surface area contributed by atoms with Crippen molar-refractivity contribution in [3.63, 3.8) is 0 Å². The molecule has 0 aliphatic carbocycles. The maximum absolute atomic E-state index is 2.38. The minimum Gasteiger partial charge on any atom is -0.0616 e. The van der Waals surface area contributed by atoms with Crippen LogP contribution in [0.5, 0.6) is 0 Å². The van der Waals surface area contributed by atoms with Crippen molar-refractivity contribution in [1.82, 2.24) is 0 Å². The molecule has 274 valence electrons. The predicted molar refractivity (Wildman–Crippen MR) is 252 cm³/mol. The van der Waals surface area contributed by atoms with E-state index in [1.807, 2.05) is 0 Å². The summed E-state index contributed by atoms with van der Waals surface area (Å²) in [5.41, 5.74) is 15.5. The Morgan fingerprint density at radius 1 is 0.207 bits per heavy atom. The first-order valence-corrected chi connectivity index (χ1v) is 20.4. The second-order valence-corrected chi connectivity index (χ2v) is 16.1. The Morgan fingerprint density at radius 3 is 0.810 bits per heavy atom. The van der Waals surface area contributed by atoms with Gasteiger partial charge in [-0.2, -0.15) is 0 Å². The Labute approximate surface area is 339 Å². The normalized spacial score (nSPS) is 11.8. The van der Waals surface area contributed by atoms with Crippen LogP contribution in [0.15, 0.2) is 182 Å². The van der Waals surface area contributed by atoms with E-state index in [9.17, 15) is 0 Å². The van der Waals surface area contributed by atoms with Crippen molar-refractivity contribution in [3.05, 3.63) is 204 Å². The zero-order chi connectivity index (χ0) is 39.1. The third-order valence-corrected chi connectivity index (χ3v) is 12.9. The summed E-state index contributed by atoms with van der Waals surface area (Å²) in [5, 5.41) is 15.3. The molecule has 0 fully saturated rings. The van der Waals surface area contributed by atoms with E-state index in [0.717, 1.165) is 0 Å². The van der Waals surface area contributed by atoms with Crippen molar-refractivity contribution >= 4 is 64.6 Å². The summed E-state index contributed by atoms with van der Waals surface area (Å²) in [4.78, 5) is 0. The molecule has 0 radical (unpaired) electrons. The molecule has 0 N–H and O–H groups in total. The van der Waals surface area contributed by atoms with Crippen LogP contribution >= 0.6 is 0 Å². The lowest BCUT2D eigenvalue weighted by Gasteiger charge is -2.21. The highest BCUT2D eigenvalue weighted by atomic mass is 14.2. The molecule has 58 heavy (non-hydrogen) atoms. The first-order chi connectivity index (χ1) is 28.5. The van der Waals surface area contributed by atoms with Crippen LogP contribution in [0.1, 0.15) is 22.3 Å². The maximum atomic E-state index is 2.38. The van der Waals surface area contributed by atoms with Crippen LogP contribution in [0.4, 0.5) is 0 Å². The number of fused-ring (bicyclic) bond motifs is 7. The number of rotatable bonds is 4. The van der Waals surface area contributed by atoms with E-state index in [4.69, 9.17) is 0 Å². The zero-order valence-electron chi connectivity index (χ0n) is 33.3. The summed E-state index contributed by atoms with van der Waals surface area (Å²) in [7, 11) is 0. The fraction of sp³-hybridized carbons (Fsp3) is 0.0690. The largest absolute Gasteiger partial charge is 0.0616 e. The summed E-state index contributed by atoms with van der Waals surface area (Å²) in [6.45, 7) is 8.82. The van der Waals surface area contributed by atoms with Crippen LogP contribution in [0.2, 0.25) is 0 Å². The van der Waals surface area contributed by atoms with Gasteiger partial charge in [-0.1, -0.05) is 182 Å². The molecule has 0 spiro atoms. The number of hydrogen-bond donors (Lipinski definition) is 0. The zero-order valence-corrected chi connectivity index (χ0v) is 33.3. The fourth-order valence-corrected chi connectivity index (χ4v) is 9.81. The molecule has 11 aromatic carbocycles. The fourth-order valence-electron chi connectivity index (χ4n) is 9.81. The first kappa shape index (κ1) is 34.2. The van der Waals surface area contributed by atoms with Crippen molar-refractivity contribution in [2.45, 2.75) is 27.7 Å². The highest BCUT2D eigenvalue weighted by molar-refractivity contribution is 6.27. The molecule has 11 rings (SSSR count). The van der Waals surface area contributed by atoms with E-state index in [1.54, 1.807) is 0 Å². The second kappa shape index (κ2) is 13.3. The number of benzene rings is 11. The van der Waals surface area contributed by atoms with Crippen molar-refractivity contribution in [3.8, 4) is 44.5 Å². The molecule has 0 nitrogen and oxygen atoms in total. The average Bonchev–Trinajstić information content (AvgIpc) is 3.26. The maximum Gasteiger partial charge on any atom is -0.00201 e. The third-order valence-electron chi connectivity index (χ3n) is 12.9. The highest BCUT2D eigenvalue weighted by Crippen LogP contribution is 2.49. The van der Waals surface area contributed by atoms with Crippen LogP contribution < -0.4 is 0 Å². The van der Waals surface area contributed by atoms with Gasteiger partial charge in [0.2, 0.25) is 0 Å². The molecule has 0 aliphatic rings. The van der Waals surface area contributed by atoms with Gasteiger partial charge in [0.15, 0.2) is 0 Å². The lowest BCUT2D eigenvalue weighted by Crippen LogP contribution is -1.93. The Kier molecular flexibility index (Phi) is 7.85. The standard InChI is InChI=1S/C58H42/c1-35-27-29-39(33-37(35)3)55-47-15-5-9-19-51(47)57(52-20-10-6-16-48(52)55)45-25-13-23-41-42-24-14-26-46(44(42)32-31-43(41)45)58-53-21-11-7-17-49(53)56(50-18-8-12-22-54(50)58)40-30-28-36(2)38(4)34-40/h5-34H,1-4H3. The van der Waals surface area contributed by atoms with E-state index in [1.165, 1.54) is 131 Å². The minimum absolute atomic E-state index is 1.26. The van der Waals surface area contributed by atoms with Gasteiger partial charge in [0, 0.05) is 0 Å². The molecule has 0 saturated carbocycles. The minimum atomic E-state index is 1.26. The van der Waals surface area contributed by atoms with Gasteiger partial charge in [0.05, 0.1) is 0 Å². The van der Waals surface area contributed by atoms with Gasteiger partial charge < -0.3 is 0 Å². The number of aryl methyl sites for hydroxylation is 4. The Balaban J connectivity index is 1.18. The van der Waals surface area contributed by atoms with Crippen LogP contribution in [-0.2, 0) is 0 Å². The van der Waals surface area contributed by atoms with Gasteiger partial charge in [0.25, 0.3) is 0 Å². The third kappa shape index (κ3) is 5.15. The molecule has 0 saturated heterocycles. The summed E-state index contributed by atoms with van der Waals surface area (Å²) < 4.78 is 0. The second-order valence-electron chi connectivity index (χ2n) is 16.1. The summed E-state index contributed by atoms with van der Waals surface area (Å²) in [5.74, 6) is 0. The molecule has 0 aliphatic heterocycles. The Hall–Kier alpha value is -7.02. The molecular weight excluding hydrogens is 697 g/mol. The van der Waals surface area contributed by atoms with Crippen LogP contribution in [-0.4, -0.2) is 0 Å². The molecule has 0 heteroatoms. The molecule has 0 unspecified atom stereocenters. The lowest BCUT2D eigenvalue weighted by molar-refractivity contribution is 1.34. The van der Waals surface area contributed by atoms with E-state index in [-0.39, 0.29) is 0 Å². The SMILES string of the molecule is Cc1ccc(-c2c3ccccc3c(-c3cccc4c3ccc3c(-c5c6ccccc6c(-c6ccc(C)c(C)c6)c6ccccc56)cccc34)c3ccccc23)cc1C. The Morgan fingerprint density at radius 2 is 0.500 bits per heavy atom. The van der Waals surface area contributed by atoms with E-state index < -0.39 is 0 Å². The molecular formula is C58H42. The van der Waals surface area contributed by atoms with Gasteiger partial charge in [-0.25, -0.2) is 0 Å². The smallest absolute Gasteiger partial charge is 0.00201 e.